The van der Waals surface area contributed by atoms with Crippen LogP contribution in [-0.2, 0) is 31.2 Å². The average Bonchev–Trinajstić information content (AvgIpc) is 3.71. The molecule has 0 aliphatic heterocycles. The lowest BCUT2D eigenvalue weighted by molar-refractivity contribution is 0.0727. The fourth-order valence-electron chi connectivity index (χ4n) is 4.31. The van der Waals surface area contributed by atoms with Gasteiger partial charge in [-0.2, -0.15) is 0 Å². The molecule has 2 aromatic heterocycles. The molecule has 0 fully saturated rings. The highest BCUT2D eigenvalue weighted by Gasteiger charge is 2.13. The zero-order chi connectivity index (χ0) is 29.4. The van der Waals surface area contributed by atoms with E-state index >= 15 is 0 Å². The maximum Gasteiger partial charge on any atom is 0.163 e. The third-order valence-electron chi connectivity index (χ3n) is 6.54. The van der Waals surface area contributed by atoms with Gasteiger partial charge in [0.1, 0.15) is 49.3 Å². The van der Waals surface area contributed by atoms with Crippen molar-refractivity contribution < 1.29 is 23.3 Å². The van der Waals surface area contributed by atoms with E-state index < -0.39 is 0 Å². The zero-order valence-electron chi connectivity index (χ0n) is 22.9. The molecule has 0 spiro atoms. The highest BCUT2D eigenvalue weighted by molar-refractivity contribution is 9.11. The van der Waals surface area contributed by atoms with E-state index in [9.17, 15) is 0 Å². The molecule has 0 N–H and O–H groups in total. The van der Waals surface area contributed by atoms with Gasteiger partial charge in [-0.05, 0) is 79.4 Å². The molecule has 0 radical (unpaired) electrons. The molecule has 4 aromatic carbocycles. The third kappa shape index (κ3) is 7.62. The molecule has 0 bridgehead atoms. The van der Waals surface area contributed by atoms with Gasteiger partial charge in [0.05, 0.1) is 8.95 Å². The standard InChI is InChI=1S/C34H26Br2N2O5/c35-29-15-25(11-13-33(29)40-19-23-7-3-1-4-8-23)31-17-27(42-37-31)21-39-22-28-18-32(38-43-28)26-12-14-34(30(36)16-26)41-20-24-9-5-2-6-10-24/h1-18H,19-22H2. The van der Waals surface area contributed by atoms with Crippen molar-refractivity contribution in [2.75, 3.05) is 0 Å². The summed E-state index contributed by atoms with van der Waals surface area (Å²) in [6.07, 6.45) is 0. The predicted octanol–water partition coefficient (Wildman–Crippen LogP) is 9.40. The predicted molar refractivity (Wildman–Crippen MR) is 169 cm³/mol. The summed E-state index contributed by atoms with van der Waals surface area (Å²) in [5.74, 6) is 2.71. The van der Waals surface area contributed by atoms with Gasteiger partial charge in [-0.15, -0.1) is 0 Å². The smallest absolute Gasteiger partial charge is 0.163 e. The Morgan fingerprint density at radius 2 is 0.953 bits per heavy atom. The van der Waals surface area contributed by atoms with Crippen LogP contribution in [0.25, 0.3) is 22.5 Å². The first-order chi connectivity index (χ1) is 21.1. The molecule has 2 heterocycles. The number of halogens is 2. The summed E-state index contributed by atoms with van der Waals surface area (Å²) in [6.45, 7) is 1.46. The molecule has 0 aliphatic carbocycles. The van der Waals surface area contributed by atoms with Crippen molar-refractivity contribution >= 4 is 31.9 Å². The van der Waals surface area contributed by atoms with Crippen molar-refractivity contribution in [1.82, 2.24) is 10.3 Å². The minimum absolute atomic E-state index is 0.238. The number of hydrogen-bond acceptors (Lipinski definition) is 7. The van der Waals surface area contributed by atoms with Crippen molar-refractivity contribution in [3.63, 3.8) is 0 Å². The number of benzene rings is 4. The van der Waals surface area contributed by atoms with Gasteiger partial charge >= 0.3 is 0 Å². The number of nitrogens with zero attached hydrogens (tertiary/aromatic N) is 2. The molecule has 43 heavy (non-hydrogen) atoms. The van der Waals surface area contributed by atoms with Gasteiger partial charge in [0, 0.05) is 23.3 Å². The minimum Gasteiger partial charge on any atom is -0.488 e. The lowest BCUT2D eigenvalue weighted by atomic mass is 10.1. The van der Waals surface area contributed by atoms with Gasteiger partial charge in [0.25, 0.3) is 0 Å². The Hall–Kier alpha value is -4.18. The summed E-state index contributed by atoms with van der Waals surface area (Å²) in [4.78, 5) is 0. The molecule has 0 atom stereocenters. The number of hydrogen-bond donors (Lipinski definition) is 0. The van der Waals surface area contributed by atoms with E-state index in [1.54, 1.807) is 0 Å². The fraction of sp³-hybridized carbons (Fsp3) is 0.118. The molecule has 0 saturated carbocycles. The Morgan fingerprint density at radius 3 is 1.37 bits per heavy atom. The zero-order valence-corrected chi connectivity index (χ0v) is 26.1. The second kappa shape index (κ2) is 13.9. The van der Waals surface area contributed by atoms with Crippen molar-refractivity contribution in [3.05, 3.63) is 141 Å². The van der Waals surface area contributed by atoms with Crippen LogP contribution in [0, 0.1) is 0 Å². The topological polar surface area (TPSA) is 79.8 Å². The van der Waals surface area contributed by atoms with Crippen LogP contribution in [-0.4, -0.2) is 10.3 Å². The van der Waals surface area contributed by atoms with Gasteiger partial charge < -0.3 is 23.3 Å². The maximum atomic E-state index is 5.95. The number of rotatable bonds is 12. The van der Waals surface area contributed by atoms with Crippen LogP contribution < -0.4 is 9.47 Å². The minimum atomic E-state index is 0.238. The second-order valence-electron chi connectivity index (χ2n) is 9.69. The quantitative estimate of drug-likeness (QED) is 0.126. The van der Waals surface area contributed by atoms with E-state index in [0.29, 0.717) is 36.1 Å². The van der Waals surface area contributed by atoms with Crippen LogP contribution in [0.1, 0.15) is 22.6 Å². The van der Waals surface area contributed by atoms with Crippen LogP contribution in [0.5, 0.6) is 11.5 Å². The van der Waals surface area contributed by atoms with E-state index in [2.05, 4.69) is 42.2 Å². The summed E-state index contributed by atoms with van der Waals surface area (Å²) in [5.41, 5.74) is 5.42. The fourth-order valence-corrected chi connectivity index (χ4v) is 5.30. The van der Waals surface area contributed by atoms with Crippen molar-refractivity contribution in [2.45, 2.75) is 26.4 Å². The van der Waals surface area contributed by atoms with E-state index in [1.165, 1.54) is 0 Å². The third-order valence-corrected chi connectivity index (χ3v) is 7.78. The van der Waals surface area contributed by atoms with Crippen LogP contribution in [0.15, 0.2) is 127 Å². The van der Waals surface area contributed by atoms with Crippen molar-refractivity contribution in [2.24, 2.45) is 0 Å². The Kier molecular flexibility index (Phi) is 9.32. The summed E-state index contributed by atoms with van der Waals surface area (Å²) in [6, 6.07) is 35.4. The highest BCUT2D eigenvalue weighted by Crippen LogP contribution is 2.33. The molecule has 216 valence electrons. The molecule has 0 unspecified atom stereocenters. The van der Waals surface area contributed by atoms with Gasteiger partial charge in [0.2, 0.25) is 0 Å². The Balaban J connectivity index is 0.999. The Labute approximate surface area is 265 Å². The lowest BCUT2D eigenvalue weighted by Crippen LogP contribution is -1.95. The molecule has 6 rings (SSSR count). The summed E-state index contributed by atoms with van der Waals surface area (Å²) >= 11 is 7.20. The number of aromatic nitrogens is 2. The summed E-state index contributed by atoms with van der Waals surface area (Å²) in [7, 11) is 0. The molecule has 0 amide bonds. The molecule has 6 aromatic rings. The average molecular weight is 702 g/mol. The largest absolute Gasteiger partial charge is 0.488 e. The van der Waals surface area contributed by atoms with Crippen LogP contribution in [0.3, 0.4) is 0 Å². The van der Waals surface area contributed by atoms with Crippen LogP contribution in [0.4, 0.5) is 0 Å². The van der Waals surface area contributed by atoms with Crippen molar-refractivity contribution in [1.29, 1.82) is 0 Å². The SMILES string of the molecule is Brc1cc(-c2cc(COCc3cc(-c4ccc(OCc5ccccc5)c(Br)c4)no3)on2)ccc1OCc1ccccc1. The van der Waals surface area contributed by atoms with Crippen LogP contribution >= 0.6 is 31.9 Å². The van der Waals surface area contributed by atoms with Crippen LogP contribution in [0.2, 0.25) is 0 Å². The highest BCUT2D eigenvalue weighted by atomic mass is 79.9. The Bertz CT molecular complexity index is 1660. The first-order valence-corrected chi connectivity index (χ1v) is 15.1. The molecule has 0 saturated heterocycles. The number of ether oxygens (including phenoxy) is 3. The van der Waals surface area contributed by atoms with E-state index in [1.807, 2.05) is 109 Å². The molecular formula is C34H26Br2N2O5. The van der Waals surface area contributed by atoms with Gasteiger partial charge in [-0.3, -0.25) is 0 Å². The molecule has 7 nitrogen and oxygen atoms in total. The van der Waals surface area contributed by atoms with Gasteiger partial charge in [0.15, 0.2) is 11.5 Å². The summed E-state index contributed by atoms with van der Waals surface area (Å²) < 4.78 is 30.4. The maximum absolute atomic E-state index is 5.95. The monoisotopic (exact) mass is 700 g/mol. The van der Waals surface area contributed by atoms with Gasteiger partial charge in [-0.1, -0.05) is 71.0 Å². The van der Waals surface area contributed by atoms with Gasteiger partial charge in [-0.25, -0.2) is 0 Å². The van der Waals surface area contributed by atoms with E-state index in [4.69, 9.17) is 23.3 Å². The normalized spacial score (nSPS) is 11.0. The Morgan fingerprint density at radius 1 is 0.512 bits per heavy atom. The van der Waals surface area contributed by atoms with E-state index in [0.717, 1.165) is 42.7 Å². The van der Waals surface area contributed by atoms with E-state index in [-0.39, 0.29) is 13.2 Å². The molecular weight excluding hydrogens is 676 g/mol. The molecule has 9 heteroatoms. The summed E-state index contributed by atoms with van der Waals surface area (Å²) in [5, 5.41) is 8.40. The van der Waals surface area contributed by atoms with Crippen molar-refractivity contribution in [3.8, 4) is 34.0 Å². The first-order valence-electron chi connectivity index (χ1n) is 13.5. The lowest BCUT2D eigenvalue weighted by Gasteiger charge is -2.09. The first kappa shape index (κ1) is 28.9. The second-order valence-corrected chi connectivity index (χ2v) is 11.4. The molecule has 0 aliphatic rings.